The summed E-state index contributed by atoms with van der Waals surface area (Å²) in [5.74, 6) is -0.605. The molecule has 13 heteroatoms. The number of carboxylic acid groups (broad SMARTS) is 1. The van der Waals surface area contributed by atoms with E-state index in [4.69, 9.17) is 15.6 Å². The first-order valence-corrected chi connectivity index (χ1v) is 10.6. The van der Waals surface area contributed by atoms with Crippen molar-refractivity contribution in [3.8, 4) is 0 Å². The summed E-state index contributed by atoms with van der Waals surface area (Å²) in [4.78, 5) is 24.5. The maximum atomic E-state index is 10.6. The second kappa shape index (κ2) is 9.18. The number of nitrogens with two attached hydrogens (primary N) is 1. The normalized spacial score (nSPS) is 23.3. The van der Waals surface area contributed by atoms with E-state index in [9.17, 15) is 20.1 Å². The van der Waals surface area contributed by atoms with Gasteiger partial charge in [-0.2, -0.15) is 9.97 Å². The number of ether oxygens (including phenoxy) is 1. The van der Waals surface area contributed by atoms with E-state index in [0.717, 1.165) is 16.5 Å². The highest BCUT2D eigenvalue weighted by atomic mass is 32.1. The molecule has 0 aromatic carbocycles. The Morgan fingerprint density at radius 1 is 1.34 bits per heavy atom. The van der Waals surface area contributed by atoms with E-state index in [-0.39, 0.29) is 11.8 Å². The van der Waals surface area contributed by atoms with Gasteiger partial charge < -0.3 is 36.2 Å². The van der Waals surface area contributed by atoms with Gasteiger partial charge in [-0.1, -0.05) is 0 Å². The number of nitrogens with one attached hydrogen (secondary N) is 1. The number of aliphatic hydroxyl groups is 3. The Morgan fingerprint density at radius 2 is 2.16 bits per heavy atom. The number of anilines is 2. The number of hydrogen-bond acceptors (Lipinski definition) is 11. The maximum absolute atomic E-state index is 10.6. The Labute approximate surface area is 185 Å². The molecule has 32 heavy (non-hydrogen) atoms. The summed E-state index contributed by atoms with van der Waals surface area (Å²) in [6, 6.07) is 1.90. The minimum Gasteiger partial charge on any atom is -0.478 e. The van der Waals surface area contributed by atoms with Gasteiger partial charge in [0, 0.05) is 17.5 Å². The van der Waals surface area contributed by atoms with Crippen LogP contribution in [-0.4, -0.2) is 77.4 Å². The quantitative estimate of drug-likeness (QED) is 0.244. The molecule has 3 aromatic rings. The standard InChI is InChI=1S/C19H22N6O6S/c20-16-13-17(25(8-22-13)18-15(30)14(29)11(6-26)31-18)24-19(23-16)21-4-3-10-5-9(7-32-10)1-2-12(27)28/h1-2,5,7-8,11,14-15,18,26,29-30H,3-4,6H2,(H,27,28)(H3,20,21,23,24)/t11-,14?,15?,18-/m1/s1. The average Bonchev–Trinajstić information content (AvgIpc) is 3.46. The molecule has 0 amide bonds. The van der Waals surface area contributed by atoms with Crippen LogP contribution in [0.3, 0.4) is 0 Å². The highest BCUT2D eigenvalue weighted by molar-refractivity contribution is 7.10. The lowest BCUT2D eigenvalue weighted by atomic mass is 10.1. The number of aromatic nitrogens is 4. The number of nitrogens with zero attached hydrogens (tertiary/aromatic N) is 4. The Bertz CT molecular complexity index is 1150. The van der Waals surface area contributed by atoms with E-state index < -0.39 is 37.1 Å². The Hall–Kier alpha value is -3.10. The van der Waals surface area contributed by atoms with Crippen LogP contribution in [0.2, 0.25) is 0 Å². The fourth-order valence-corrected chi connectivity index (χ4v) is 4.25. The molecule has 0 spiro atoms. The summed E-state index contributed by atoms with van der Waals surface area (Å²) in [5.41, 5.74) is 7.46. The van der Waals surface area contributed by atoms with Crippen LogP contribution in [0.5, 0.6) is 0 Å². The number of carboxylic acids is 1. The Morgan fingerprint density at radius 3 is 2.88 bits per heavy atom. The second-order valence-corrected chi connectivity index (χ2v) is 8.18. The minimum atomic E-state index is -1.28. The summed E-state index contributed by atoms with van der Waals surface area (Å²) in [5, 5.41) is 43.3. The lowest BCUT2D eigenvalue weighted by Crippen LogP contribution is -2.33. The number of rotatable bonds is 8. The van der Waals surface area contributed by atoms with Crippen LogP contribution < -0.4 is 11.1 Å². The first-order chi connectivity index (χ1) is 15.4. The molecule has 1 fully saturated rings. The number of carbonyl (C=O) groups is 1. The van der Waals surface area contributed by atoms with E-state index >= 15 is 0 Å². The van der Waals surface area contributed by atoms with E-state index in [1.54, 1.807) is 0 Å². The van der Waals surface area contributed by atoms with Crippen LogP contribution in [0.15, 0.2) is 23.8 Å². The van der Waals surface area contributed by atoms with Crippen LogP contribution in [0.25, 0.3) is 17.2 Å². The van der Waals surface area contributed by atoms with Crippen molar-refractivity contribution >= 4 is 46.3 Å². The van der Waals surface area contributed by atoms with Gasteiger partial charge in [-0.15, -0.1) is 11.3 Å². The first kappa shape index (κ1) is 22.1. The highest BCUT2D eigenvalue weighted by Gasteiger charge is 2.44. The molecule has 0 bridgehead atoms. The summed E-state index contributed by atoms with van der Waals surface area (Å²) in [6.45, 7) is 0.0529. The molecule has 170 valence electrons. The molecule has 4 rings (SSSR count). The maximum Gasteiger partial charge on any atom is 0.328 e. The van der Waals surface area contributed by atoms with Crippen molar-refractivity contribution in [2.75, 3.05) is 24.2 Å². The molecule has 7 N–H and O–H groups in total. The van der Waals surface area contributed by atoms with Crippen molar-refractivity contribution in [3.05, 3.63) is 34.3 Å². The van der Waals surface area contributed by atoms with E-state index in [0.29, 0.717) is 24.1 Å². The topological polar surface area (TPSA) is 189 Å². The van der Waals surface area contributed by atoms with Gasteiger partial charge in [-0.05, 0) is 29.5 Å². The molecule has 3 aromatic heterocycles. The van der Waals surface area contributed by atoms with Crippen LogP contribution in [0.1, 0.15) is 16.7 Å². The smallest absolute Gasteiger partial charge is 0.328 e. The van der Waals surface area contributed by atoms with E-state index in [1.807, 2.05) is 11.4 Å². The van der Waals surface area contributed by atoms with Crippen molar-refractivity contribution in [2.45, 2.75) is 31.0 Å². The zero-order chi connectivity index (χ0) is 22.8. The molecular weight excluding hydrogens is 440 g/mol. The van der Waals surface area contributed by atoms with Crippen LogP contribution >= 0.6 is 11.3 Å². The highest BCUT2D eigenvalue weighted by Crippen LogP contribution is 2.32. The molecule has 2 unspecified atom stereocenters. The van der Waals surface area contributed by atoms with Gasteiger partial charge in [0.05, 0.1) is 12.9 Å². The van der Waals surface area contributed by atoms with Gasteiger partial charge in [0.2, 0.25) is 5.95 Å². The van der Waals surface area contributed by atoms with Gasteiger partial charge in [-0.25, -0.2) is 9.78 Å². The van der Waals surface area contributed by atoms with Gasteiger partial charge >= 0.3 is 5.97 Å². The number of imidazole rings is 1. The van der Waals surface area contributed by atoms with Crippen molar-refractivity contribution in [2.24, 2.45) is 0 Å². The zero-order valence-corrected chi connectivity index (χ0v) is 17.5. The van der Waals surface area contributed by atoms with Gasteiger partial charge in [0.15, 0.2) is 17.7 Å². The van der Waals surface area contributed by atoms with Crippen molar-refractivity contribution in [3.63, 3.8) is 0 Å². The number of fused-ring (bicyclic) bond motifs is 1. The van der Waals surface area contributed by atoms with Crippen LogP contribution in [0, 0.1) is 0 Å². The largest absolute Gasteiger partial charge is 0.478 e. The molecule has 0 saturated carbocycles. The zero-order valence-electron chi connectivity index (χ0n) is 16.7. The number of aliphatic hydroxyl groups excluding tert-OH is 3. The fourth-order valence-electron chi connectivity index (χ4n) is 3.39. The fraction of sp³-hybridized carbons (Fsp3) is 0.368. The SMILES string of the molecule is Nc1nc(NCCc2cc(C=CC(=O)O)cs2)nc2c1ncn2[C@@H]1O[C@H](CO)C(O)C1O. The molecular formula is C19H22N6O6S. The third-order valence-electron chi connectivity index (χ3n) is 4.99. The monoisotopic (exact) mass is 462 g/mol. The Balaban J connectivity index is 1.47. The predicted octanol–water partition coefficient (Wildman–Crippen LogP) is -0.166. The number of hydrogen-bond donors (Lipinski definition) is 6. The van der Waals surface area contributed by atoms with Crippen LogP contribution in [-0.2, 0) is 16.0 Å². The summed E-state index contributed by atoms with van der Waals surface area (Å²) >= 11 is 1.51. The average molecular weight is 462 g/mol. The molecule has 1 aliphatic heterocycles. The summed E-state index contributed by atoms with van der Waals surface area (Å²) in [6.07, 6.45) is 0.222. The number of aliphatic carboxylic acids is 1. The second-order valence-electron chi connectivity index (χ2n) is 7.18. The molecule has 1 saturated heterocycles. The number of nitrogen functional groups attached to an aromatic ring is 1. The molecule has 0 radical (unpaired) electrons. The van der Waals surface area contributed by atoms with E-state index in [2.05, 4.69) is 20.3 Å². The van der Waals surface area contributed by atoms with Gasteiger partial charge in [-0.3, -0.25) is 4.57 Å². The first-order valence-electron chi connectivity index (χ1n) is 9.72. The summed E-state index contributed by atoms with van der Waals surface area (Å²) in [7, 11) is 0. The molecule has 12 nitrogen and oxygen atoms in total. The molecule has 0 aliphatic carbocycles. The minimum absolute atomic E-state index is 0.139. The predicted molar refractivity (Wildman–Crippen MR) is 116 cm³/mol. The summed E-state index contributed by atoms with van der Waals surface area (Å²) < 4.78 is 7.00. The number of thiophene rings is 1. The van der Waals surface area contributed by atoms with Crippen molar-refractivity contribution < 1.29 is 30.0 Å². The molecule has 1 aliphatic rings. The molecule has 4 heterocycles. The van der Waals surface area contributed by atoms with Gasteiger partial charge in [0.25, 0.3) is 0 Å². The third kappa shape index (κ3) is 4.42. The lowest BCUT2D eigenvalue weighted by Gasteiger charge is -2.16. The van der Waals surface area contributed by atoms with Gasteiger partial charge in [0.1, 0.15) is 23.8 Å². The van der Waals surface area contributed by atoms with Crippen molar-refractivity contribution in [1.29, 1.82) is 0 Å². The Kier molecular flexibility index (Phi) is 6.34. The van der Waals surface area contributed by atoms with Crippen molar-refractivity contribution in [1.82, 2.24) is 19.5 Å². The van der Waals surface area contributed by atoms with E-state index in [1.165, 1.54) is 28.3 Å². The molecule has 4 atom stereocenters. The third-order valence-corrected chi connectivity index (χ3v) is 6.00. The van der Waals surface area contributed by atoms with Crippen LogP contribution in [0.4, 0.5) is 11.8 Å². The lowest BCUT2D eigenvalue weighted by molar-refractivity contribution is -0.131.